The number of aromatic hydroxyl groups is 2. The molecular formula is C6H5NO3. The molecule has 1 aromatic rings. The minimum absolute atomic E-state index is 0.0312. The molecule has 0 saturated carbocycles. The second kappa shape index (κ2) is 1.29. The van der Waals surface area contributed by atoms with Gasteiger partial charge in [-0.1, -0.05) is 0 Å². The van der Waals surface area contributed by atoms with Gasteiger partial charge in [-0.15, -0.1) is 0 Å². The molecule has 0 fully saturated rings. The number of benzene rings is 1. The summed E-state index contributed by atoms with van der Waals surface area (Å²) in [5.74, 6) is 0.545. The molecule has 4 N–H and O–H groups in total. The van der Waals surface area contributed by atoms with Gasteiger partial charge in [-0.05, 0) is 0 Å². The lowest BCUT2D eigenvalue weighted by molar-refractivity contribution is 0.454. The summed E-state index contributed by atoms with van der Waals surface area (Å²) in [5, 5.41) is 18.0. The fourth-order valence-corrected chi connectivity index (χ4v) is 0.790. The minimum Gasteiger partial charge on any atom is -0.505 e. The molecule has 10 heavy (non-hydrogen) atoms. The van der Waals surface area contributed by atoms with Gasteiger partial charge < -0.3 is 20.7 Å². The van der Waals surface area contributed by atoms with Crippen molar-refractivity contribution >= 4 is 5.69 Å². The number of nitrogens with two attached hydrogens (primary N) is 1. The van der Waals surface area contributed by atoms with Gasteiger partial charge in [0, 0.05) is 6.07 Å². The van der Waals surface area contributed by atoms with Crippen LogP contribution in [0.3, 0.4) is 0 Å². The summed E-state index contributed by atoms with van der Waals surface area (Å²) in [6.07, 6.45) is 0. The topological polar surface area (TPSA) is 79.0 Å². The monoisotopic (exact) mass is 139 g/mol. The molecule has 1 aliphatic heterocycles. The Morgan fingerprint density at radius 3 is 2.80 bits per heavy atom. The lowest BCUT2D eigenvalue weighted by Gasteiger charge is -1.94. The van der Waals surface area contributed by atoms with Crippen LogP contribution in [0.1, 0.15) is 0 Å². The maximum absolute atomic E-state index is 9.03. The van der Waals surface area contributed by atoms with E-state index in [4.69, 9.17) is 20.7 Å². The van der Waals surface area contributed by atoms with Crippen molar-refractivity contribution in [3.8, 4) is 23.0 Å². The van der Waals surface area contributed by atoms with Crippen LogP contribution in [0.25, 0.3) is 0 Å². The summed E-state index contributed by atoms with van der Waals surface area (Å²) < 4.78 is 4.74. The standard InChI is InChI=1S/C6H5NO3/c7-4-2(8)1-3-6(10-3)5(4)9/h1,8-9H,7H2. The van der Waals surface area contributed by atoms with Crippen LogP contribution in [0.2, 0.25) is 0 Å². The van der Waals surface area contributed by atoms with Crippen LogP contribution in [-0.4, -0.2) is 10.2 Å². The zero-order chi connectivity index (χ0) is 7.30. The van der Waals surface area contributed by atoms with Gasteiger partial charge in [0.15, 0.2) is 11.5 Å². The van der Waals surface area contributed by atoms with E-state index in [-0.39, 0.29) is 17.2 Å². The van der Waals surface area contributed by atoms with Crippen molar-refractivity contribution in [2.75, 3.05) is 5.73 Å². The van der Waals surface area contributed by atoms with E-state index in [2.05, 4.69) is 0 Å². The summed E-state index contributed by atoms with van der Waals surface area (Å²) in [4.78, 5) is 0. The number of rotatable bonds is 0. The van der Waals surface area contributed by atoms with Crippen LogP contribution in [0, 0.1) is 0 Å². The van der Waals surface area contributed by atoms with Gasteiger partial charge in [-0.25, -0.2) is 0 Å². The Morgan fingerprint density at radius 1 is 1.40 bits per heavy atom. The number of hydrogen-bond donors (Lipinski definition) is 3. The minimum atomic E-state index is -0.171. The molecule has 1 aromatic carbocycles. The summed E-state index contributed by atoms with van der Waals surface area (Å²) in [6.45, 7) is 0. The molecule has 0 radical (unpaired) electrons. The molecule has 0 spiro atoms. The van der Waals surface area contributed by atoms with E-state index in [9.17, 15) is 0 Å². The number of fused-ring (bicyclic) bond motifs is 1. The van der Waals surface area contributed by atoms with Crippen LogP contribution in [0.4, 0.5) is 5.69 Å². The fraction of sp³-hybridized carbons (Fsp3) is 0. The number of anilines is 1. The van der Waals surface area contributed by atoms with Crippen molar-refractivity contribution in [1.82, 2.24) is 0 Å². The van der Waals surface area contributed by atoms with Crippen molar-refractivity contribution in [2.45, 2.75) is 0 Å². The Kier molecular flexibility index (Phi) is 0.672. The Labute approximate surface area is 56.5 Å². The van der Waals surface area contributed by atoms with Crippen molar-refractivity contribution in [2.24, 2.45) is 0 Å². The van der Waals surface area contributed by atoms with Crippen molar-refractivity contribution in [1.29, 1.82) is 0 Å². The quantitative estimate of drug-likeness (QED) is 0.286. The highest BCUT2D eigenvalue weighted by Crippen LogP contribution is 2.57. The van der Waals surface area contributed by atoms with Gasteiger partial charge in [0.05, 0.1) is 0 Å². The first-order valence-electron chi connectivity index (χ1n) is 2.72. The van der Waals surface area contributed by atoms with Gasteiger partial charge in [-0.2, -0.15) is 0 Å². The molecule has 0 aromatic heterocycles. The van der Waals surface area contributed by atoms with E-state index in [1.807, 2.05) is 0 Å². The van der Waals surface area contributed by atoms with E-state index < -0.39 is 0 Å². The zero-order valence-corrected chi connectivity index (χ0v) is 4.96. The molecule has 4 nitrogen and oxygen atoms in total. The lowest BCUT2D eigenvalue weighted by atomic mass is 10.3. The molecule has 0 aliphatic carbocycles. The number of hydrogen-bond acceptors (Lipinski definition) is 4. The molecule has 52 valence electrons. The van der Waals surface area contributed by atoms with Crippen molar-refractivity contribution < 1.29 is 14.9 Å². The first kappa shape index (κ1) is 5.22. The van der Waals surface area contributed by atoms with E-state index in [0.29, 0.717) is 11.5 Å². The zero-order valence-electron chi connectivity index (χ0n) is 4.96. The predicted molar refractivity (Wildman–Crippen MR) is 34.3 cm³/mol. The Hall–Kier alpha value is -1.58. The average molecular weight is 139 g/mol. The SMILES string of the molecule is Nc1c(O)cc2c(c1O)O2. The number of phenols is 2. The Morgan fingerprint density at radius 2 is 2.10 bits per heavy atom. The van der Waals surface area contributed by atoms with Crippen LogP contribution in [0.5, 0.6) is 23.0 Å². The molecule has 0 atom stereocenters. The van der Waals surface area contributed by atoms with Gasteiger partial charge in [0.25, 0.3) is 0 Å². The molecule has 0 unspecified atom stereocenters. The predicted octanol–water partition coefficient (Wildman–Crippen LogP) is 0.786. The second-order valence-corrected chi connectivity index (χ2v) is 2.09. The van der Waals surface area contributed by atoms with Gasteiger partial charge >= 0.3 is 0 Å². The number of phenolic OH excluding ortho intramolecular Hbond substituents is 2. The normalized spacial score (nSPS) is 12.0. The maximum Gasteiger partial charge on any atom is 0.214 e. The molecule has 1 heterocycles. The fourth-order valence-electron chi connectivity index (χ4n) is 0.790. The summed E-state index contributed by atoms with van der Waals surface area (Å²) in [5.41, 5.74) is 5.20. The molecular weight excluding hydrogens is 134 g/mol. The summed E-state index contributed by atoms with van der Waals surface area (Å²) >= 11 is 0. The highest BCUT2D eigenvalue weighted by Gasteiger charge is 2.28. The molecule has 2 rings (SSSR count). The maximum atomic E-state index is 9.03. The van der Waals surface area contributed by atoms with Crippen LogP contribution >= 0.6 is 0 Å². The van der Waals surface area contributed by atoms with Crippen molar-refractivity contribution in [3.05, 3.63) is 6.07 Å². The van der Waals surface area contributed by atoms with Crippen molar-refractivity contribution in [3.63, 3.8) is 0 Å². The van der Waals surface area contributed by atoms with Gasteiger partial charge in [0.1, 0.15) is 11.4 Å². The van der Waals surface area contributed by atoms with Gasteiger partial charge in [-0.3, -0.25) is 0 Å². The molecule has 0 bridgehead atoms. The van der Waals surface area contributed by atoms with E-state index in [1.165, 1.54) is 6.07 Å². The molecule has 4 heteroatoms. The highest BCUT2D eigenvalue weighted by molar-refractivity contribution is 5.77. The van der Waals surface area contributed by atoms with E-state index >= 15 is 0 Å². The largest absolute Gasteiger partial charge is 0.505 e. The summed E-state index contributed by atoms with van der Waals surface area (Å²) in [6, 6.07) is 1.37. The second-order valence-electron chi connectivity index (χ2n) is 2.09. The number of nitrogen functional groups attached to an aromatic ring is 1. The number of ether oxygens (including phenoxy) is 1. The third-order valence-electron chi connectivity index (χ3n) is 1.41. The lowest BCUT2D eigenvalue weighted by Crippen LogP contribution is -1.82. The van der Waals surface area contributed by atoms with E-state index in [0.717, 1.165) is 0 Å². The Bertz CT molecular complexity index is 305. The Balaban J connectivity index is 2.73. The molecule has 0 amide bonds. The summed E-state index contributed by atoms with van der Waals surface area (Å²) in [7, 11) is 0. The average Bonchev–Trinajstić information content (AvgIpc) is 2.62. The van der Waals surface area contributed by atoms with Crippen LogP contribution in [0.15, 0.2) is 6.07 Å². The first-order chi connectivity index (χ1) is 4.70. The highest BCUT2D eigenvalue weighted by atomic mass is 16.6. The van der Waals surface area contributed by atoms with Gasteiger partial charge in [0.2, 0.25) is 5.75 Å². The third-order valence-corrected chi connectivity index (χ3v) is 1.41. The van der Waals surface area contributed by atoms with Crippen LogP contribution < -0.4 is 10.5 Å². The molecule has 0 saturated heterocycles. The smallest absolute Gasteiger partial charge is 0.214 e. The first-order valence-corrected chi connectivity index (χ1v) is 2.72. The van der Waals surface area contributed by atoms with Crippen LogP contribution in [-0.2, 0) is 0 Å². The molecule has 1 aliphatic rings. The third kappa shape index (κ3) is 0.452. The van der Waals surface area contributed by atoms with E-state index in [1.54, 1.807) is 0 Å².